The fraction of sp³-hybridized carbons (Fsp3) is 0.714. The van der Waals surface area contributed by atoms with E-state index in [9.17, 15) is 4.79 Å². The lowest BCUT2D eigenvalue weighted by Gasteiger charge is -2.22. The molecule has 114 valence electrons. The average molecular weight is 298 g/mol. The van der Waals surface area contributed by atoms with Crippen LogP contribution in [0.5, 0.6) is 0 Å². The summed E-state index contributed by atoms with van der Waals surface area (Å²) in [6.07, 6.45) is 2.04. The van der Waals surface area contributed by atoms with Crippen molar-refractivity contribution in [3.8, 4) is 0 Å². The number of nitrogens with two attached hydrogens (primary N) is 1. The molecule has 0 saturated heterocycles. The Hall–Kier alpha value is -1.30. The Morgan fingerprint density at radius 1 is 1.45 bits per heavy atom. The quantitative estimate of drug-likeness (QED) is 0.812. The van der Waals surface area contributed by atoms with Gasteiger partial charge in [0.1, 0.15) is 10.7 Å². The molecule has 1 heterocycles. The van der Waals surface area contributed by atoms with E-state index < -0.39 is 0 Å². The molecule has 1 amide bonds. The molecule has 0 aromatic carbocycles. The van der Waals surface area contributed by atoms with Crippen molar-refractivity contribution in [3.05, 3.63) is 4.88 Å². The molecule has 1 rings (SSSR count). The minimum Gasteiger partial charge on any atom is -0.382 e. The van der Waals surface area contributed by atoms with Crippen LogP contribution in [-0.2, 0) is 0 Å². The van der Waals surface area contributed by atoms with Crippen LogP contribution in [0.4, 0.5) is 10.9 Å². The van der Waals surface area contributed by atoms with Gasteiger partial charge in [0.2, 0.25) is 0 Å². The molecule has 0 atom stereocenters. The Labute approximate surface area is 125 Å². The summed E-state index contributed by atoms with van der Waals surface area (Å²) in [5.74, 6) is 0.192. The van der Waals surface area contributed by atoms with Gasteiger partial charge in [-0.05, 0) is 18.3 Å². The molecule has 6 heteroatoms. The summed E-state index contributed by atoms with van der Waals surface area (Å²) in [5.41, 5.74) is 5.95. The lowest BCUT2D eigenvalue weighted by Crippen LogP contribution is -2.33. The third-order valence-corrected chi connectivity index (χ3v) is 4.60. The molecule has 0 radical (unpaired) electrons. The molecule has 0 saturated carbocycles. The van der Waals surface area contributed by atoms with Crippen LogP contribution in [0.2, 0.25) is 0 Å². The number of anilines is 2. The second kappa shape index (κ2) is 6.92. The van der Waals surface area contributed by atoms with Gasteiger partial charge in [0.25, 0.3) is 5.91 Å². The van der Waals surface area contributed by atoms with Crippen molar-refractivity contribution in [2.75, 3.05) is 30.8 Å². The van der Waals surface area contributed by atoms with E-state index >= 15 is 0 Å². The number of amides is 1. The molecule has 0 unspecified atom stereocenters. The van der Waals surface area contributed by atoms with Gasteiger partial charge in [0, 0.05) is 20.1 Å². The van der Waals surface area contributed by atoms with Crippen LogP contribution in [0.15, 0.2) is 0 Å². The molecule has 1 aromatic rings. The van der Waals surface area contributed by atoms with Crippen LogP contribution in [0.3, 0.4) is 0 Å². The summed E-state index contributed by atoms with van der Waals surface area (Å²) in [6, 6.07) is 0. The molecule has 0 fully saturated rings. The molecule has 0 spiro atoms. The lowest BCUT2D eigenvalue weighted by molar-refractivity contribution is 0.0940. The average Bonchev–Trinajstić information content (AvgIpc) is 2.79. The molecular formula is C14H26N4OS. The van der Waals surface area contributed by atoms with Crippen molar-refractivity contribution in [2.45, 2.75) is 40.5 Å². The van der Waals surface area contributed by atoms with E-state index in [0.29, 0.717) is 17.2 Å². The molecule has 0 aliphatic rings. The summed E-state index contributed by atoms with van der Waals surface area (Å²) >= 11 is 1.35. The normalized spacial score (nSPS) is 11.4. The zero-order valence-corrected chi connectivity index (χ0v) is 13.9. The largest absolute Gasteiger partial charge is 0.382 e. The maximum Gasteiger partial charge on any atom is 0.265 e. The lowest BCUT2D eigenvalue weighted by atomic mass is 9.90. The van der Waals surface area contributed by atoms with E-state index in [1.165, 1.54) is 11.3 Å². The second-order valence-electron chi connectivity index (χ2n) is 5.83. The van der Waals surface area contributed by atoms with Gasteiger partial charge in [-0.25, -0.2) is 4.98 Å². The zero-order valence-electron chi connectivity index (χ0n) is 13.1. The Balaban J connectivity index is 2.74. The van der Waals surface area contributed by atoms with Crippen LogP contribution in [0.1, 0.15) is 50.2 Å². The van der Waals surface area contributed by atoms with Crippen LogP contribution in [0, 0.1) is 5.41 Å². The van der Waals surface area contributed by atoms with Gasteiger partial charge in [-0.3, -0.25) is 4.79 Å². The van der Waals surface area contributed by atoms with Crippen LogP contribution in [-0.4, -0.2) is 31.0 Å². The first-order chi connectivity index (χ1) is 9.30. The van der Waals surface area contributed by atoms with Crippen molar-refractivity contribution < 1.29 is 4.79 Å². The van der Waals surface area contributed by atoms with E-state index in [-0.39, 0.29) is 11.3 Å². The fourth-order valence-corrected chi connectivity index (χ4v) is 2.49. The Morgan fingerprint density at radius 3 is 2.65 bits per heavy atom. The van der Waals surface area contributed by atoms with E-state index in [4.69, 9.17) is 5.73 Å². The monoisotopic (exact) mass is 298 g/mol. The van der Waals surface area contributed by atoms with Gasteiger partial charge in [-0.1, -0.05) is 39.0 Å². The van der Waals surface area contributed by atoms with Crippen molar-refractivity contribution in [1.82, 2.24) is 10.3 Å². The summed E-state index contributed by atoms with van der Waals surface area (Å²) in [7, 11) is 1.96. The van der Waals surface area contributed by atoms with Crippen LogP contribution >= 0.6 is 11.3 Å². The minimum atomic E-state index is -0.127. The first-order valence-electron chi connectivity index (χ1n) is 7.06. The Kier molecular flexibility index (Phi) is 5.80. The molecular weight excluding hydrogens is 272 g/mol. The number of rotatable bonds is 7. The molecule has 0 bridgehead atoms. The summed E-state index contributed by atoms with van der Waals surface area (Å²) in [5, 5.41) is 3.74. The van der Waals surface area contributed by atoms with Gasteiger partial charge >= 0.3 is 0 Å². The predicted octanol–water partition coefficient (Wildman–Crippen LogP) is 2.74. The van der Waals surface area contributed by atoms with E-state index in [1.54, 1.807) is 0 Å². The minimum absolute atomic E-state index is 0.0942. The maximum absolute atomic E-state index is 12.2. The topological polar surface area (TPSA) is 71.2 Å². The summed E-state index contributed by atoms with van der Waals surface area (Å²) in [6.45, 7) is 10.0. The van der Waals surface area contributed by atoms with Gasteiger partial charge in [-0.15, -0.1) is 0 Å². The fourth-order valence-electron chi connectivity index (χ4n) is 1.60. The van der Waals surface area contributed by atoms with Crippen LogP contribution < -0.4 is 16.0 Å². The highest BCUT2D eigenvalue weighted by atomic mass is 32.1. The SMILES string of the molecule is CCCN(C)c1nc(N)c(C(=O)NCC(C)(C)CC)s1. The number of nitrogen functional groups attached to an aromatic ring is 1. The highest BCUT2D eigenvalue weighted by Crippen LogP contribution is 2.27. The number of hydrogen-bond donors (Lipinski definition) is 2. The van der Waals surface area contributed by atoms with Gasteiger partial charge in [-0.2, -0.15) is 0 Å². The molecule has 0 aliphatic carbocycles. The first kappa shape index (κ1) is 16.8. The smallest absolute Gasteiger partial charge is 0.265 e. The number of nitrogens with one attached hydrogen (secondary N) is 1. The summed E-state index contributed by atoms with van der Waals surface area (Å²) in [4.78, 5) is 19.0. The number of nitrogens with zero attached hydrogens (tertiary/aromatic N) is 2. The van der Waals surface area contributed by atoms with E-state index in [2.05, 4.69) is 38.0 Å². The number of carbonyl (C=O) groups is 1. The highest BCUT2D eigenvalue weighted by molar-refractivity contribution is 7.18. The van der Waals surface area contributed by atoms with Crippen LogP contribution in [0.25, 0.3) is 0 Å². The van der Waals surface area contributed by atoms with Gasteiger partial charge in [0.05, 0.1) is 0 Å². The Morgan fingerprint density at radius 2 is 2.10 bits per heavy atom. The number of thiazole rings is 1. The standard InChI is InChI=1S/C14H26N4OS/c1-6-8-18(5)13-17-11(15)10(20-13)12(19)16-9-14(3,4)7-2/h6-9,15H2,1-5H3,(H,16,19). The maximum atomic E-state index is 12.2. The molecule has 1 aromatic heterocycles. The third kappa shape index (κ3) is 4.37. The van der Waals surface area contributed by atoms with Crippen molar-refractivity contribution in [3.63, 3.8) is 0 Å². The summed E-state index contributed by atoms with van der Waals surface area (Å²) < 4.78 is 0. The molecule has 5 nitrogen and oxygen atoms in total. The second-order valence-corrected chi connectivity index (χ2v) is 6.81. The third-order valence-electron chi connectivity index (χ3n) is 3.42. The van der Waals surface area contributed by atoms with Gasteiger partial charge < -0.3 is 16.0 Å². The molecule has 20 heavy (non-hydrogen) atoms. The van der Waals surface area contributed by atoms with Gasteiger partial charge in [0.15, 0.2) is 5.13 Å². The number of aromatic nitrogens is 1. The molecule has 3 N–H and O–H groups in total. The van der Waals surface area contributed by atoms with E-state index in [1.807, 2.05) is 11.9 Å². The van der Waals surface area contributed by atoms with E-state index in [0.717, 1.165) is 24.5 Å². The Bertz CT molecular complexity index is 456. The number of carbonyl (C=O) groups excluding carboxylic acids is 1. The van der Waals surface area contributed by atoms with Crippen molar-refractivity contribution in [2.24, 2.45) is 5.41 Å². The number of hydrogen-bond acceptors (Lipinski definition) is 5. The molecule has 0 aliphatic heterocycles. The van der Waals surface area contributed by atoms with Crippen molar-refractivity contribution in [1.29, 1.82) is 0 Å². The highest BCUT2D eigenvalue weighted by Gasteiger charge is 2.21. The zero-order chi connectivity index (χ0) is 15.3. The predicted molar refractivity (Wildman–Crippen MR) is 86.5 cm³/mol. The van der Waals surface area contributed by atoms with Crippen molar-refractivity contribution >= 4 is 28.2 Å². The first-order valence-corrected chi connectivity index (χ1v) is 7.88.